The Bertz CT molecular complexity index is 1340. The van der Waals surface area contributed by atoms with E-state index in [1.165, 1.54) is 334 Å². The zero-order valence-corrected chi connectivity index (χ0v) is 56.5. The van der Waals surface area contributed by atoms with Crippen molar-refractivity contribution >= 4 is 17.9 Å². The molecule has 1 unspecified atom stereocenters. The van der Waals surface area contributed by atoms with Crippen LogP contribution in [0.15, 0.2) is 24.3 Å². The summed E-state index contributed by atoms with van der Waals surface area (Å²) in [6, 6.07) is 0. The van der Waals surface area contributed by atoms with Gasteiger partial charge in [0.25, 0.3) is 0 Å². The molecule has 0 heterocycles. The molecule has 0 amide bonds. The summed E-state index contributed by atoms with van der Waals surface area (Å²) < 4.78 is 17.1. The van der Waals surface area contributed by atoms with Crippen LogP contribution in [0, 0.1) is 0 Å². The summed E-state index contributed by atoms with van der Waals surface area (Å²) in [5.41, 5.74) is 0. The SMILES string of the molecule is CCCCCCCCC/C=C\CCCCCCCCCC(=O)OCC(COC(=O)CCCCCCCCCCCCCCCCCCCCCCCCCC)OC(=O)CCCCCCCCCCCCC/C=C\CCCCCCCCCC. The molecule has 0 aromatic heterocycles. The molecule has 0 fully saturated rings. The van der Waals surface area contributed by atoms with Crippen molar-refractivity contribution in [1.29, 1.82) is 0 Å². The Labute approximate surface area is 519 Å². The molecule has 0 N–H and O–H groups in total. The molecule has 0 aliphatic heterocycles. The molecular formula is C77H146O6. The van der Waals surface area contributed by atoms with Crippen molar-refractivity contribution in [1.82, 2.24) is 0 Å². The topological polar surface area (TPSA) is 78.9 Å². The van der Waals surface area contributed by atoms with E-state index in [9.17, 15) is 14.4 Å². The van der Waals surface area contributed by atoms with Crippen LogP contribution in [0.4, 0.5) is 0 Å². The molecule has 0 radical (unpaired) electrons. The van der Waals surface area contributed by atoms with Crippen LogP contribution in [0.1, 0.15) is 432 Å². The third kappa shape index (κ3) is 70.5. The molecular weight excluding hydrogens is 1020 g/mol. The number of hydrogen-bond acceptors (Lipinski definition) is 6. The van der Waals surface area contributed by atoms with E-state index in [0.717, 1.165) is 57.8 Å². The lowest BCUT2D eigenvalue weighted by Crippen LogP contribution is -2.30. The molecule has 83 heavy (non-hydrogen) atoms. The normalized spacial score (nSPS) is 12.1. The van der Waals surface area contributed by atoms with E-state index in [-0.39, 0.29) is 31.1 Å². The average Bonchev–Trinajstić information content (AvgIpc) is 3.50. The first-order chi connectivity index (χ1) is 41.0. The van der Waals surface area contributed by atoms with Crippen LogP contribution < -0.4 is 0 Å². The summed E-state index contributed by atoms with van der Waals surface area (Å²) in [5, 5.41) is 0. The van der Waals surface area contributed by atoms with Crippen LogP contribution >= 0.6 is 0 Å². The summed E-state index contributed by atoms with van der Waals surface area (Å²) in [5.74, 6) is -0.836. The highest BCUT2D eigenvalue weighted by Gasteiger charge is 2.20. The molecule has 0 aliphatic rings. The van der Waals surface area contributed by atoms with Crippen molar-refractivity contribution in [2.24, 2.45) is 0 Å². The molecule has 1 atom stereocenters. The van der Waals surface area contributed by atoms with Gasteiger partial charge in [-0.2, -0.15) is 0 Å². The quantitative estimate of drug-likeness (QED) is 0.0261. The highest BCUT2D eigenvalue weighted by Crippen LogP contribution is 2.19. The third-order valence-corrected chi connectivity index (χ3v) is 17.4. The molecule has 0 bridgehead atoms. The molecule has 0 saturated carbocycles. The third-order valence-electron chi connectivity index (χ3n) is 17.4. The molecule has 0 aromatic carbocycles. The molecule has 0 saturated heterocycles. The fourth-order valence-corrected chi connectivity index (χ4v) is 11.7. The van der Waals surface area contributed by atoms with Gasteiger partial charge >= 0.3 is 17.9 Å². The number of rotatable bonds is 71. The van der Waals surface area contributed by atoms with E-state index < -0.39 is 6.10 Å². The maximum atomic E-state index is 13.0. The highest BCUT2D eigenvalue weighted by molar-refractivity contribution is 5.71. The van der Waals surface area contributed by atoms with Crippen LogP contribution in [0.5, 0.6) is 0 Å². The largest absolute Gasteiger partial charge is 0.462 e. The summed E-state index contributed by atoms with van der Waals surface area (Å²) in [4.78, 5) is 38.6. The maximum absolute atomic E-state index is 13.0. The van der Waals surface area contributed by atoms with Gasteiger partial charge in [0.05, 0.1) is 0 Å². The Morgan fingerprint density at radius 1 is 0.229 bits per heavy atom. The smallest absolute Gasteiger partial charge is 0.306 e. The Morgan fingerprint density at radius 2 is 0.398 bits per heavy atom. The van der Waals surface area contributed by atoms with Gasteiger partial charge in [-0.1, -0.05) is 366 Å². The number of allylic oxidation sites excluding steroid dienone is 4. The number of esters is 3. The molecule has 0 rings (SSSR count). The zero-order valence-electron chi connectivity index (χ0n) is 56.5. The van der Waals surface area contributed by atoms with Gasteiger partial charge in [0, 0.05) is 19.3 Å². The number of hydrogen-bond donors (Lipinski definition) is 0. The summed E-state index contributed by atoms with van der Waals surface area (Å²) >= 11 is 0. The van der Waals surface area contributed by atoms with Crippen LogP contribution in [0.3, 0.4) is 0 Å². The Morgan fingerprint density at radius 3 is 0.602 bits per heavy atom. The lowest BCUT2D eigenvalue weighted by Gasteiger charge is -2.18. The van der Waals surface area contributed by atoms with Gasteiger partial charge in [-0.15, -0.1) is 0 Å². The zero-order chi connectivity index (χ0) is 59.9. The minimum Gasteiger partial charge on any atom is -0.462 e. The Hall–Kier alpha value is -2.11. The highest BCUT2D eigenvalue weighted by atomic mass is 16.6. The van der Waals surface area contributed by atoms with Gasteiger partial charge in [-0.3, -0.25) is 14.4 Å². The second kappa shape index (κ2) is 72.4. The first kappa shape index (κ1) is 80.9. The van der Waals surface area contributed by atoms with E-state index in [1.54, 1.807) is 0 Å². The monoisotopic (exact) mass is 1170 g/mol. The average molecular weight is 1170 g/mol. The first-order valence-corrected chi connectivity index (χ1v) is 37.8. The van der Waals surface area contributed by atoms with Crippen LogP contribution in [-0.2, 0) is 28.6 Å². The van der Waals surface area contributed by atoms with Crippen molar-refractivity contribution in [3.63, 3.8) is 0 Å². The Kier molecular flexibility index (Phi) is 70.5. The maximum Gasteiger partial charge on any atom is 0.306 e. The fourth-order valence-electron chi connectivity index (χ4n) is 11.7. The van der Waals surface area contributed by atoms with E-state index in [1.807, 2.05) is 0 Å². The van der Waals surface area contributed by atoms with Gasteiger partial charge in [0.1, 0.15) is 13.2 Å². The van der Waals surface area contributed by atoms with Gasteiger partial charge in [0.2, 0.25) is 0 Å². The number of ether oxygens (including phenoxy) is 3. The second-order valence-electron chi connectivity index (χ2n) is 25.9. The van der Waals surface area contributed by atoms with Gasteiger partial charge in [-0.05, 0) is 70.6 Å². The van der Waals surface area contributed by atoms with Gasteiger partial charge < -0.3 is 14.2 Å². The summed E-state index contributed by atoms with van der Waals surface area (Å²) in [6.07, 6.45) is 89.3. The lowest BCUT2D eigenvalue weighted by atomic mass is 10.0. The van der Waals surface area contributed by atoms with Crippen LogP contribution in [0.2, 0.25) is 0 Å². The van der Waals surface area contributed by atoms with Crippen LogP contribution in [-0.4, -0.2) is 37.2 Å². The summed E-state index contributed by atoms with van der Waals surface area (Å²) in [6.45, 7) is 6.73. The fraction of sp³-hybridized carbons (Fsp3) is 0.909. The second-order valence-corrected chi connectivity index (χ2v) is 25.9. The molecule has 6 heteroatoms. The van der Waals surface area contributed by atoms with Crippen molar-refractivity contribution < 1.29 is 28.6 Å². The molecule has 490 valence electrons. The van der Waals surface area contributed by atoms with Gasteiger partial charge in [-0.25, -0.2) is 0 Å². The number of unbranched alkanes of at least 4 members (excludes halogenated alkanes) is 56. The van der Waals surface area contributed by atoms with E-state index in [0.29, 0.717) is 19.3 Å². The van der Waals surface area contributed by atoms with E-state index >= 15 is 0 Å². The van der Waals surface area contributed by atoms with E-state index in [4.69, 9.17) is 14.2 Å². The lowest BCUT2D eigenvalue weighted by molar-refractivity contribution is -0.167. The Balaban J connectivity index is 4.28. The van der Waals surface area contributed by atoms with Crippen molar-refractivity contribution in [2.45, 2.75) is 438 Å². The molecule has 0 spiro atoms. The standard InChI is InChI=1S/C77H146O6/c1-4-7-10-13-16-19-22-25-28-31-34-36-38-40-41-43-46-49-52-55-58-61-64-67-70-76(79)82-73-74(72-81-75(78)69-66-63-60-57-54-51-48-45-33-30-27-24-21-18-15-12-9-6-3)83-77(80)71-68-65-62-59-56-53-50-47-44-42-39-37-35-32-29-26-23-20-17-14-11-8-5-2/h30,32-33,35,74H,4-29,31,34,36-73H2,1-3H3/b33-30-,35-32-. The van der Waals surface area contributed by atoms with Crippen LogP contribution in [0.25, 0.3) is 0 Å². The minimum absolute atomic E-state index is 0.0668. The summed E-state index contributed by atoms with van der Waals surface area (Å²) in [7, 11) is 0. The van der Waals surface area contributed by atoms with Crippen molar-refractivity contribution in [3.8, 4) is 0 Å². The van der Waals surface area contributed by atoms with Crippen molar-refractivity contribution in [2.75, 3.05) is 13.2 Å². The minimum atomic E-state index is -0.772. The predicted octanol–water partition coefficient (Wildman–Crippen LogP) is 26.1. The van der Waals surface area contributed by atoms with Crippen molar-refractivity contribution in [3.05, 3.63) is 24.3 Å². The molecule has 0 aromatic rings. The van der Waals surface area contributed by atoms with E-state index in [2.05, 4.69) is 45.1 Å². The first-order valence-electron chi connectivity index (χ1n) is 37.8. The molecule has 6 nitrogen and oxygen atoms in total. The predicted molar refractivity (Wildman–Crippen MR) is 363 cm³/mol. The number of carbonyl (C=O) groups excluding carboxylic acids is 3. The van der Waals surface area contributed by atoms with Gasteiger partial charge in [0.15, 0.2) is 6.10 Å². The molecule has 0 aliphatic carbocycles. The number of carbonyl (C=O) groups is 3.